The highest BCUT2D eigenvalue weighted by Gasteiger charge is 2.12. The second-order valence-corrected chi connectivity index (χ2v) is 6.77. The number of nitrogens with zero attached hydrogens (tertiary/aromatic N) is 3. The molecule has 2 aromatic carbocycles. The highest BCUT2D eigenvalue weighted by atomic mass is 16.5. The Morgan fingerprint density at radius 1 is 0.966 bits per heavy atom. The molecule has 0 amide bonds. The SMILES string of the molecule is CCCCN(C)c1cc(-c2ccccc2)nc(Nc2cc(OC)ccc2OC)n1. The molecule has 0 spiro atoms. The summed E-state index contributed by atoms with van der Waals surface area (Å²) >= 11 is 0. The van der Waals surface area contributed by atoms with Gasteiger partial charge >= 0.3 is 0 Å². The molecule has 1 aromatic heterocycles. The van der Waals surface area contributed by atoms with Gasteiger partial charge < -0.3 is 19.7 Å². The first-order valence-electron chi connectivity index (χ1n) is 9.79. The summed E-state index contributed by atoms with van der Waals surface area (Å²) < 4.78 is 10.8. The molecule has 0 radical (unpaired) electrons. The van der Waals surface area contributed by atoms with E-state index in [0.29, 0.717) is 11.7 Å². The van der Waals surface area contributed by atoms with Gasteiger partial charge in [-0.15, -0.1) is 0 Å². The van der Waals surface area contributed by atoms with E-state index in [1.54, 1.807) is 14.2 Å². The molecule has 1 N–H and O–H groups in total. The molecule has 0 saturated carbocycles. The molecular weight excluding hydrogens is 364 g/mol. The average Bonchev–Trinajstić information content (AvgIpc) is 2.77. The molecule has 3 aromatic rings. The van der Waals surface area contributed by atoms with Crippen molar-refractivity contribution in [3.05, 3.63) is 54.6 Å². The largest absolute Gasteiger partial charge is 0.497 e. The summed E-state index contributed by atoms with van der Waals surface area (Å²) in [5.74, 6) is 2.81. The number of hydrogen-bond donors (Lipinski definition) is 1. The monoisotopic (exact) mass is 392 g/mol. The second-order valence-electron chi connectivity index (χ2n) is 6.77. The lowest BCUT2D eigenvalue weighted by Crippen LogP contribution is -2.20. The molecule has 0 aliphatic rings. The molecule has 152 valence electrons. The molecule has 0 aliphatic heterocycles. The molecule has 3 rings (SSSR count). The number of hydrogen-bond acceptors (Lipinski definition) is 6. The van der Waals surface area contributed by atoms with Crippen LogP contribution in [0.4, 0.5) is 17.5 Å². The van der Waals surface area contributed by atoms with E-state index in [0.717, 1.165) is 47.9 Å². The van der Waals surface area contributed by atoms with Gasteiger partial charge in [-0.2, -0.15) is 4.98 Å². The highest BCUT2D eigenvalue weighted by molar-refractivity contribution is 5.69. The van der Waals surface area contributed by atoms with Crippen molar-refractivity contribution in [3.8, 4) is 22.8 Å². The van der Waals surface area contributed by atoms with Crippen molar-refractivity contribution < 1.29 is 9.47 Å². The smallest absolute Gasteiger partial charge is 0.229 e. The first kappa shape index (κ1) is 20.5. The third kappa shape index (κ3) is 5.16. The lowest BCUT2D eigenvalue weighted by Gasteiger charge is -2.20. The van der Waals surface area contributed by atoms with Gasteiger partial charge in [-0.1, -0.05) is 43.7 Å². The van der Waals surface area contributed by atoms with Crippen LogP contribution >= 0.6 is 0 Å². The van der Waals surface area contributed by atoms with E-state index in [2.05, 4.69) is 24.2 Å². The fourth-order valence-corrected chi connectivity index (χ4v) is 2.98. The van der Waals surface area contributed by atoms with Crippen LogP contribution in [0.2, 0.25) is 0 Å². The van der Waals surface area contributed by atoms with Crippen molar-refractivity contribution in [3.63, 3.8) is 0 Å². The van der Waals surface area contributed by atoms with E-state index in [-0.39, 0.29) is 0 Å². The minimum Gasteiger partial charge on any atom is -0.497 e. The Morgan fingerprint density at radius 3 is 2.45 bits per heavy atom. The summed E-state index contributed by atoms with van der Waals surface area (Å²) in [7, 11) is 5.33. The molecule has 0 fully saturated rings. The standard InChI is InChI=1S/C23H28N4O2/c1-5-6-14-27(2)22-16-19(17-10-8-7-9-11-17)24-23(26-22)25-20-15-18(28-3)12-13-21(20)29-4/h7-13,15-16H,5-6,14H2,1-4H3,(H,24,25,26). The Hall–Kier alpha value is -3.28. The summed E-state index contributed by atoms with van der Waals surface area (Å²) in [5, 5.41) is 3.31. The summed E-state index contributed by atoms with van der Waals surface area (Å²) in [6, 6.07) is 17.7. The van der Waals surface area contributed by atoms with Crippen LogP contribution in [0.1, 0.15) is 19.8 Å². The Labute approximate surface area is 172 Å². The van der Waals surface area contributed by atoms with Crippen LogP contribution in [0.3, 0.4) is 0 Å². The van der Waals surface area contributed by atoms with Crippen LogP contribution in [-0.4, -0.2) is 37.8 Å². The van der Waals surface area contributed by atoms with E-state index in [1.807, 2.05) is 54.6 Å². The predicted octanol–water partition coefficient (Wildman–Crippen LogP) is 5.14. The molecule has 1 heterocycles. The predicted molar refractivity (Wildman–Crippen MR) is 118 cm³/mol. The minimum absolute atomic E-state index is 0.510. The van der Waals surface area contributed by atoms with Gasteiger partial charge in [-0.3, -0.25) is 0 Å². The van der Waals surface area contributed by atoms with E-state index in [4.69, 9.17) is 19.4 Å². The van der Waals surface area contributed by atoms with Crippen molar-refractivity contribution in [2.24, 2.45) is 0 Å². The Bertz CT molecular complexity index is 931. The maximum absolute atomic E-state index is 5.48. The number of nitrogens with one attached hydrogen (secondary N) is 1. The quantitative estimate of drug-likeness (QED) is 0.544. The number of unbranched alkanes of at least 4 members (excludes halogenated alkanes) is 1. The fourth-order valence-electron chi connectivity index (χ4n) is 2.98. The third-order valence-corrected chi connectivity index (χ3v) is 4.67. The topological polar surface area (TPSA) is 59.5 Å². The van der Waals surface area contributed by atoms with Crippen molar-refractivity contribution in [1.82, 2.24) is 9.97 Å². The van der Waals surface area contributed by atoms with Crippen molar-refractivity contribution >= 4 is 17.5 Å². The molecule has 29 heavy (non-hydrogen) atoms. The van der Waals surface area contributed by atoms with Gasteiger partial charge in [-0.05, 0) is 18.6 Å². The molecular formula is C23H28N4O2. The van der Waals surface area contributed by atoms with Gasteiger partial charge in [-0.25, -0.2) is 4.98 Å². The minimum atomic E-state index is 0.510. The van der Waals surface area contributed by atoms with Gasteiger partial charge in [0.25, 0.3) is 0 Å². The van der Waals surface area contributed by atoms with Gasteiger partial charge in [0.2, 0.25) is 5.95 Å². The molecule has 0 bridgehead atoms. The normalized spacial score (nSPS) is 10.5. The van der Waals surface area contributed by atoms with Gasteiger partial charge in [0.15, 0.2) is 0 Å². The number of rotatable bonds is 9. The maximum atomic E-state index is 5.48. The van der Waals surface area contributed by atoms with Crippen LogP contribution in [0, 0.1) is 0 Å². The van der Waals surface area contributed by atoms with E-state index < -0.39 is 0 Å². The van der Waals surface area contributed by atoms with Gasteiger partial charge in [0.1, 0.15) is 17.3 Å². The lowest BCUT2D eigenvalue weighted by molar-refractivity contribution is 0.405. The fraction of sp³-hybridized carbons (Fsp3) is 0.304. The zero-order valence-corrected chi connectivity index (χ0v) is 17.5. The number of ether oxygens (including phenoxy) is 2. The third-order valence-electron chi connectivity index (χ3n) is 4.67. The molecule has 0 saturated heterocycles. The Balaban J connectivity index is 2.01. The zero-order chi connectivity index (χ0) is 20.6. The van der Waals surface area contributed by atoms with Gasteiger partial charge in [0, 0.05) is 31.3 Å². The van der Waals surface area contributed by atoms with E-state index in [1.165, 1.54) is 0 Å². The van der Waals surface area contributed by atoms with Crippen LogP contribution in [0.15, 0.2) is 54.6 Å². The van der Waals surface area contributed by atoms with Crippen LogP contribution in [-0.2, 0) is 0 Å². The number of methoxy groups -OCH3 is 2. The van der Waals surface area contributed by atoms with Crippen molar-refractivity contribution in [1.29, 1.82) is 0 Å². The molecule has 0 atom stereocenters. The van der Waals surface area contributed by atoms with Crippen molar-refractivity contribution in [2.75, 3.05) is 38.0 Å². The molecule has 0 unspecified atom stereocenters. The Kier molecular flexibility index (Phi) is 6.89. The second kappa shape index (κ2) is 9.78. The first-order valence-corrected chi connectivity index (χ1v) is 9.79. The molecule has 6 heteroatoms. The number of benzene rings is 2. The number of aromatic nitrogens is 2. The van der Waals surface area contributed by atoms with E-state index >= 15 is 0 Å². The summed E-state index contributed by atoms with van der Waals surface area (Å²) in [6.07, 6.45) is 2.24. The summed E-state index contributed by atoms with van der Waals surface area (Å²) in [4.78, 5) is 11.7. The molecule has 0 aliphatic carbocycles. The van der Waals surface area contributed by atoms with Crippen LogP contribution < -0.4 is 19.7 Å². The maximum Gasteiger partial charge on any atom is 0.229 e. The summed E-state index contributed by atoms with van der Waals surface area (Å²) in [5.41, 5.74) is 2.66. The van der Waals surface area contributed by atoms with Gasteiger partial charge in [0.05, 0.1) is 25.6 Å². The van der Waals surface area contributed by atoms with Crippen LogP contribution in [0.5, 0.6) is 11.5 Å². The summed E-state index contributed by atoms with van der Waals surface area (Å²) in [6.45, 7) is 3.12. The first-order chi connectivity index (χ1) is 14.1. The van der Waals surface area contributed by atoms with Crippen LogP contribution in [0.25, 0.3) is 11.3 Å². The lowest BCUT2D eigenvalue weighted by atomic mass is 10.1. The average molecular weight is 393 g/mol. The molecule has 6 nitrogen and oxygen atoms in total. The number of anilines is 3. The van der Waals surface area contributed by atoms with Crippen molar-refractivity contribution in [2.45, 2.75) is 19.8 Å². The van der Waals surface area contributed by atoms with E-state index in [9.17, 15) is 0 Å². The zero-order valence-electron chi connectivity index (χ0n) is 17.5. The Morgan fingerprint density at radius 2 is 1.76 bits per heavy atom. The highest BCUT2D eigenvalue weighted by Crippen LogP contribution is 2.32.